The normalized spacial score (nSPS) is 9.81. The molecule has 0 bridgehead atoms. The zero-order valence-corrected chi connectivity index (χ0v) is 9.14. The van der Waals surface area contributed by atoms with Crippen molar-refractivity contribution in [3.63, 3.8) is 0 Å². The van der Waals surface area contributed by atoms with Crippen LogP contribution in [-0.2, 0) is 0 Å². The van der Waals surface area contributed by atoms with Crippen LogP contribution in [0.2, 0.25) is 0 Å². The molecular formula is C12H11N3O. The maximum absolute atomic E-state index is 9.12. The minimum absolute atomic E-state index is 0.469. The molecule has 2 aromatic rings. The molecule has 0 amide bonds. The highest BCUT2D eigenvalue weighted by Crippen LogP contribution is 2.29. The summed E-state index contributed by atoms with van der Waals surface area (Å²) in [6, 6.07) is 11.7. The number of hydrogen-bond acceptors (Lipinski definition) is 4. The van der Waals surface area contributed by atoms with E-state index in [1.807, 2.05) is 44.4 Å². The van der Waals surface area contributed by atoms with Crippen molar-refractivity contribution in [1.29, 1.82) is 5.26 Å². The van der Waals surface area contributed by atoms with Gasteiger partial charge in [0.2, 0.25) is 5.88 Å². The molecule has 0 aliphatic heterocycles. The van der Waals surface area contributed by atoms with Gasteiger partial charge >= 0.3 is 0 Å². The molecule has 0 saturated heterocycles. The van der Waals surface area contributed by atoms with E-state index in [0.717, 1.165) is 5.56 Å². The molecule has 0 saturated carbocycles. The van der Waals surface area contributed by atoms with Crippen molar-refractivity contribution in [2.24, 2.45) is 0 Å². The van der Waals surface area contributed by atoms with Gasteiger partial charge in [-0.15, -0.1) is 0 Å². The molecule has 1 heterocycles. The minimum Gasteiger partial charge on any atom is -0.346 e. The Balaban J connectivity index is 2.56. The average Bonchev–Trinajstić information content (AvgIpc) is 2.73. The second kappa shape index (κ2) is 4.07. The zero-order valence-electron chi connectivity index (χ0n) is 9.14. The SMILES string of the molecule is CN(C)c1onc(-c2ccccc2)c1C#N. The van der Waals surface area contributed by atoms with E-state index >= 15 is 0 Å². The molecule has 0 unspecified atom stereocenters. The van der Waals surface area contributed by atoms with E-state index in [1.54, 1.807) is 4.90 Å². The second-order valence-electron chi connectivity index (χ2n) is 3.58. The van der Waals surface area contributed by atoms with E-state index in [9.17, 15) is 0 Å². The fraction of sp³-hybridized carbons (Fsp3) is 0.167. The molecule has 0 fully saturated rings. The Morgan fingerprint density at radius 1 is 1.25 bits per heavy atom. The van der Waals surface area contributed by atoms with Crippen molar-refractivity contribution in [2.75, 3.05) is 19.0 Å². The zero-order chi connectivity index (χ0) is 11.5. The van der Waals surface area contributed by atoms with Gasteiger partial charge in [-0.1, -0.05) is 35.5 Å². The summed E-state index contributed by atoms with van der Waals surface area (Å²) in [7, 11) is 3.63. The van der Waals surface area contributed by atoms with Gasteiger partial charge in [-0.05, 0) is 0 Å². The van der Waals surface area contributed by atoms with Crippen LogP contribution in [0.5, 0.6) is 0 Å². The Morgan fingerprint density at radius 2 is 1.94 bits per heavy atom. The van der Waals surface area contributed by atoms with Crippen molar-refractivity contribution >= 4 is 5.88 Å². The standard InChI is InChI=1S/C12H11N3O/c1-15(2)12-10(8-13)11(14-16-12)9-6-4-3-5-7-9/h3-7H,1-2H3. The van der Waals surface area contributed by atoms with Crippen molar-refractivity contribution < 1.29 is 4.52 Å². The summed E-state index contributed by atoms with van der Waals surface area (Å²) in [5.74, 6) is 0.487. The van der Waals surface area contributed by atoms with Gasteiger partial charge in [0.1, 0.15) is 17.3 Å². The van der Waals surface area contributed by atoms with Crippen LogP contribution in [0.4, 0.5) is 5.88 Å². The second-order valence-corrected chi connectivity index (χ2v) is 3.58. The van der Waals surface area contributed by atoms with E-state index in [0.29, 0.717) is 17.1 Å². The number of benzene rings is 1. The highest BCUT2D eigenvalue weighted by atomic mass is 16.5. The molecule has 2 rings (SSSR count). The molecule has 0 radical (unpaired) electrons. The maximum atomic E-state index is 9.12. The van der Waals surface area contributed by atoms with Crippen molar-refractivity contribution in [3.8, 4) is 17.3 Å². The number of nitriles is 1. The van der Waals surface area contributed by atoms with Gasteiger partial charge in [-0.25, -0.2) is 0 Å². The quantitative estimate of drug-likeness (QED) is 0.768. The van der Waals surface area contributed by atoms with Crippen LogP contribution in [0, 0.1) is 11.3 Å². The molecule has 1 aromatic heterocycles. The molecule has 0 N–H and O–H groups in total. The monoisotopic (exact) mass is 213 g/mol. The highest BCUT2D eigenvalue weighted by molar-refractivity contribution is 5.72. The lowest BCUT2D eigenvalue weighted by atomic mass is 10.1. The van der Waals surface area contributed by atoms with Crippen molar-refractivity contribution in [3.05, 3.63) is 35.9 Å². The molecule has 0 spiro atoms. The molecule has 80 valence electrons. The Labute approximate surface area is 93.7 Å². The van der Waals surface area contributed by atoms with E-state index < -0.39 is 0 Å². The van der Waals surface area contributed by atoms with Crippen molar-refractivity contribution in [2.45, 2.75) is 0 Å². The molecule has 0 aliphatic rings. The average molecular weight is 213 g/mol. The number of aromatic nitrogens is 1. The van der Waals surface area contributed by atoms with Gasteiger partial charge in [-0.3, -0.25) is 0 Å². The van der Waals surface area contributed by atoms with Crippen LogP contribution in [0.3, 0.4) is 0 Å². The molecule has 0 aliphatic carbocycles. The minimum atomic E-state index is 0.469. The lowest BCUT2D eigenvalue weighted by Gasteiger charge is -2.05. The van der Waals surface area contributed by atoms with Gasteiger partial charge in [0.05, 0.1) is 0 Å². The summed E-state index contributed by atoms with van der Waals surface area (Å²) in [4.78, 5) is 1.73. The smallest absolute Gasteiger partial charge is 0.245 e. The van der Waals surface area contributed by atoms with E-state index in [1.165, 1.54) is 0 Å². The molecule has 1 aromatic carbocycles. The van der Waals surface area contributed by atoms with Crippen LogP contribution in [0.1, 0.15) is 5.56 Å². The molecule has 4 nitrogen and oxygen atoms in total. The summed E-state index contributed by atoms with van der Waals surface area (Å²) in [6.45, 7) is 0. The molecule has 0 atom stereocenters. The molecule has 4 heteroatoms. The number of rotatable bonds is 2. The third kappa shape index (κ3) is 1.63. The van der Waals surface area contributed by atoms with Crippen LogP contribution in [0.15, 0.2) is 34.9 Å². The third-order valence-corrected chi connectivity index (χ3v) is 2.24. The highest BCUT2D eigenvalue weighted by Gasteiger charge is 2.18. The summed E-state index contributed by atoms with van der Waals surface area (Å²) in [5.41, 5.74) is 1.94. The van der Waals surface area contributed by atoms with E-state index in [-0.39, 0.29) is 0 Å². The van der Waals surface area contributed by atoms with Gasteiger partial charge < -0.3 is 9.42 Å². The topological polar surface area (TPSA) is 53.1 Å². The predicted molar refractivity (Wildman–Crippen MR) is 61.0 cm³/mol. The fourth-order valence-electron chi connectivity index (χ4n) is 1.48. The maximum Gasteiger partial charge on any atom is 0.245 e. The van der Waals surface area contributed by atoms with Crippen molar-refractivity contribution in [1.82, 2.24) is 5.16 Å². The van der Waals surface area contributed by atoms with Gasteiger partial charge in [0.25, 0.3) is 0 Å². The third-order valence-electron chi connectivity index (χ3n) is 2.24. The summed E-state index contributed by atoms with van der Waals surface area (Å²) in [6.07, 6.45) is 0. The van der Waals surface area contributed by atoms with Crippen LogP contribution < -0.4 is 4.90 Å². The Bertz CT molecular complexity index is 523. The first kappa shape index (κ1) is 10.2. The summed E-state index contributed by atoms with van der Waals surface area (Å²) >= 11 is 0. The Kier molecular flexibility index (Phi) is 2.61. The summed E-state index contributed by atoms with van der Waals surface area (Å²) in [5, 5.41) is 13.1. The van der Waals surface area contributed by atoms with E-state index in [4.69, 9.17) is 9.78 Å². The van der Waals surface area contributed by atoms with Gasteiger partial charge in [0.15, 0.2) is 0 Å². The fourth-order valence-corrected chi connectivity index (χ4v) is 1.48. The van der Waals surface area contributed by atoms with Crippen LogP contribution in [0.25, 0.3) is 11.3 Å². The molecule has 16 heavy (non-hydrogen) atoms. The van der Waals surface area contributed by atoms with Gasteiger partial charge in [-0.2, -0.15) is 5.26 Å². The lowest BCUT2D eigenvalue weighted by Crippen LogP contribution is -2.08. The largest absolute Gasteiger partial charge is 0.346 e. The first-order valence-corrected chi connectivity index (χ1v) is 4.86. The number of nitrogens with zero attached hydrogens (tertiary/aromatic N) is 3. The summed E-state index contributed by atoms with van der Waals surface area (Å²) < 4.78 is 5.16. The van der Waals surface area contributed by atoms with Crippen LogP contribution >= 0.6 is 0 Å². The predicted octanol–water partition coefficient (Wildman–Crippen LogP) is 2.28. The van der Waals surface area contributed by atoms with Gasteiger partial charge in [0, 0.05) is 19.7 Å². The Morgan fingerprint density at radius 3 is 2.50 bits per heavy atom. The van der Waals surface area contributed by atoms with Crippen LogP contribution in [-0.4, -0.2) is 19.3 Å². The number of hydrogen-bond donors (Lipinski definition) is 0. The van der Waals surface area contributed by atoms with E-state index in [2.05, 4.69) is 11.2 Å². The number of anilines is 1. The first-order valence-electron chi connectivity index (χ1n) is 4.86. The first-order chi connectivity index (χ1) is 7.74. The lowest BCUT2D eigenvalue weighted by molar-refractivity contribution is 0.426. The molecular weight excluding hydrogens is 202 g/mol. The Hall–Kier alpha value is -2.28.